The molecule has 0 aliphatic rings. The zero-order chi connectivity index (χ0) is 31.6. The van der Waals surface area contributed by atoms with E-state index >= 15 is 0 Å². The van der Waals surface area contributed by atoms with Gasteiger partial charge in [0.1, 0.15) is 0 Å². The summed E-state index contributed by atoms with van der Waals surface area (Å²) < 4.78 is 4.92. The van der Waals surface area contributed by atoms with Crippen molar-refractivity contribution >= 4 is 73.9 Å². The molecule has 0 saturated carbocycles. The van der Waals surface area contributed by atoms with Gasteiger partial charge in [-0.15, -0.1) is 22.7 Å². The largest absolute Gasteiger partial charge is 0.246 e. The second-order valence-electron chi connectivity index (χ2n) is 12.0. The van der Waals surface area contributed by atoms with Crippen LogP contribution in [0, 0.1) is 0 Å². The van der Waals surface area contributed by atoms with Crippen molar-refractivity contribution in [3.8, 4) is 45.2 Å². The molecule has 0 N–H and O–H groups in total. The highest BCUT2D eigenvalue weighted by atomic mass is 32.1. The zero-order valence-corrected chi connectivity index (χ0v) is 27.2. The summed E-state index contributed by atoms with van der Waals surface area (Å²) in [5.74, 6) is 0.736. The van der Waals surface area contributed by atoms with Crippen molar-refractivity contribution in [3.63, 3.8) is 0 Å². The summed E-state index contributed by atoms with van der Waals surface area (Å²) in [4.78, 5) is 15.7. The maximum absolute atomic E-state index is 5.31. The Balaban J connectivity index is 1.23. The van der Waals surface area contributed by atoms with Gasteiger partial charge in [0, 0.05) is 63.3 Å². The number of fused-ring (bicyclic) bond motifs is 8. The summed E-state index contributed by atoms with van der Waals surface area (Å²) in [5.41, 5.74) is 8.15. The summed E-state index contributed by atoms with van der Waals surface area (Å²) in [6.07, 6.45) is 0. The van der Waals surface area contributed by atoms with Crippen molar-refractivity contribution in [2.24, 2.45) is 0 Å². The third-order valence-electron chi connectivity index (χ3n) is 9.09. The van der Waals surface area contributed by atoms with Gasteiger partial charge in [-0.1, -0.05) is 115 Å². The van der Waals surface area contributed by atoms with Crippen LogP contribution in [0.25, 0.3) is 96.4 Å². The van der Waals surface area contributed by atoms with Crippen LogP contribution in [0.4, 0.5) is 0 Å². The van der Waals surface area contributed by atoms with E-state index in [1.807, 2.05) is 17.4 Å². The van der Waals surface area contributed by atoms with Crippen LogP contribution in [0.1, 0.15) is 0 Å². The van der Waals surface area contributed by atoms with Crippen LogP contribution in [-0.4, -0.2) is 15.0 Å². The molecule has 0 unspecified atom stereocenters. The van der Waals surface area contributed by atoms with E-state index < -0.39 is 0 Å². The van der Waals surface area contributed by atoms with Crippen LogP contribution >= 0.6 is 22.7 Å². The Bertz CT molecular complexity index is 2840. The Morgan fingerprint density at radius 3 is 1.88 bits per heavy atom. The fraction of sp³-hybridized carbons (Fsp3) is 0. The molecule has 0 fully saturated rings. The predicted molar refractivity (Wildman–Crippen MR) is 205 cm³/mol. The highest BCUT2D eigenvalue weighted by molar-refractivity contribution is 7.26. The molecule has 10 aromatic rings. The highest BCUT2D eigenvalue weighted by Gasteiger charge is 2.19. The minimum Gasteiger partial charge on any atom is -0.246 e. The normalized spacial score (nSPS) is 11.8. The third kappa shape index (κ3) is 4.36. The Labute approximate surface area is 284 Å². The summed E-state index contributed by atoms with van der Waals surface area (Å²) in [6, 6.07) is 53.4. The average Bonchev–Trinajstić information content (AvgIpc) is 3.74. The zero-order valence-electron chi connectivity index (χ0n) is 25.6. The Morgan fingerprint density at radius 2 is 1.04 bits per heavy atom. The van der Waals surface area contributed by atoms with Gasteiger partial charge < -0.3 is 0 Å². The second kappa shape index (κ2) is 10.9. The first-order valence-corrected chi connectivity index (χ1v) is 17.6. The van der Waals surface area contributed by atoms with Crippen molar-refractivity contribution < 1.29 is 0 Å². The van der Waals surface area contributed by atoms with Gasteiger partial charge in [-0.25, -0.2) is 15.0 Å². The van der Waals surface area contributed by atoms with Crippen LogP contribution < -0.4 is 0 Å². The Morgan fingerprint density at radius 1 is 0.396 bits per heavy atom. The lowest BCUT2D eigenvalue weighted by atomic mass is 10.0. The standard InChI is InChI=1S/C43H25N3S2/c1-3-12-26(13-4-1)35-25-36(46-43(45-35)32-19-11-18-30-29-16-8-10-21-37(29)47-41(30)32)28-22-23-38-33(24-28)39-31-17-7-9-20-34(31)44-40(42(39)48-38)27-14-5-2-6-15-27/h1-25H. The number of hydrogen-bond donors (Lipinski definition) is 0. The van der Waals surface area contributed by atoms with Crippen LogP contribution in [-0.2, 0) is 0 Å². The maximum Gasteiger partial charge on any atom is 0.161 e. The molecule has 48 heavy (non-hydrogen) atoms. The number of pyridine rings is 1. The minimum absolute atomic E-state index is 0.736. The molecular formula is C43H25N3S2. The molecule has 0 aliphatic heterocycles. The molecule has 3 nitrogen and oxygen atoms in total. The molecule has 10 rings (SSSR count). The maximum atomic E-state index is 5.31. The minimum atomic E-state index is 0.736. The smallest absolute Gasteiger partial charge is 0.161 e. The van der Waals surface area contributed by atoms with Crippen LogP contribution in [0.3, 0.4) is 0 Å². The SMILES string of the molecule is c1ccc(-c2cc(-c3ccc4sc5c(-c6ccccc6)nc6ccccc6c5c4c3)nc(-c3cccc4c3sc3ccccc34)n2)cc1. The van der Waals surface area contributed by atoms with Gasteiger partial charge in [-0.2, -0.15) is 0 Å². The number of nitrogens with zero attached hydrogens (tertiary/aromatic N) is 3. The molecule has 6 aromatic carbocycles. The van der Waals surface area contributed by atoms with Gasteiger partial charge in [0.25, 0.3) is 0 Å². The van der Waals surface area contributed by atoms with Gasteiger partial charge in [-0.3, -0.25) is 0 Å². The lowest BCUT2D eigenvalue weighted by Crippen LogP contribution is -1.96. The average molecular weight is 648 g/mol. The van der Waals surface area contributed by atoms with Crippen molar-refractivity contribution in [2.45, 2.75) is 0 Å². The molecule has 0 radical (unpaired) electrons. The van der Waals surface area contributed by atoms with Gasteiger partial charge in [-0.05, 0) is 36.4 Å². The first kappa shape index (κ1) is 27.4. The Hall–Kier alpha value is -5.75. The quantitative estimate of drug-likeness (QED) is 0.191. The van der Waals surface area contributed by atoms with Crippen LogP contribution in [0.5, 0.6) is 0 Å². The molecule has 0 bridgehead atoms. The Kier molecular flexibility index (Phi) is 6.22. The fourth-order valence-electron chi connectivity index (χ4n) is 6.83. The molecule has 0 atom stereocenters. The number of para-hydroxylation sites is 1. The van der Waals surface area contributed by atoms with E-state index in [1.165, 1.54) is 45.7 Å². The molecule has 4 heterocycles. The first-order valence-electron chi connectivity index (χ1n) is 15.9. The van der Waals surface area contributed by atoms with E-state index in [0.29, 0.717) is 0 Å². The summed E-state index contributed by atoms with van der Waals surface area (Å²) in [6.45, 7) is 0. The molecule has 224 valence electrons. The van der Waals surface area contributed by atoms with E-state index in [9.17, 15) is 0 Å². The van der Waals surface area contributed by atoms with Crippen molar-refractivity contribution in [2.75, 3.05) is 0 Å². The van der Waals surface area contributed by atoms with Crippen molar-refractivity contribution in [3.05, 3.63) is 152 Å². The number of thiophene rings is 2. The molecule has 0 amide bonds. The van der Waals surface area contributed by atoms with Crippen LogP contribution in [0.2, 0.25) is 0 Å². The summed E-state index contributed by atoms with van der Waals surface area (Å²) in [5, 5.41) is 6.14. The van der Waals surface area contributed by atoms with Crippen LogP contribution in [0.15, 0.2) is 152 Å². The van der Waals surface area contributed by atoms with Crippen molar-refractivity contribution in [1.29, 1.82) is 0 Å². The highest BCUT2D eigenvalue weighted by Crippen LogP contribution is 2.44. The van der Waals surface area contributed by atoms with E-state index in [1.54, 1.807) is 11.3 Å². The molecule has 0 aliphatic carbocycles. The second-order valence-corrected chi connectivity index (χ2v) is 14.1. The number of hydrogen-bond acceptors (Lipinski definition) is 5. The lowest BCUT2D eigenvalue weighted by molar-refractivity contribution is 1.19. The summed E-state index contributed by atoms with van der Waals surface area (Å²) >= 11 is 3.62. The van der Waals surface area contributed by atoms with E-state index in [2.05, 4.69) is 146 Å². The van der Waals surface area contributed by atoms with E-state index in [4.69, 9.17) is 15.0 Å². The van der Waals surface area contributed by atoms with Gasteiger partial charge in [0.15, 0.2) is 5.82 Å². The van der Waals surface area contributed by atoms with E-state index in [0.717, 1.165) is 50.7 Å². The number of rotatable bonds is 4. The first-order chi connectivity index (χ1) is 23.8. The van der Waals surface area contributed by atoms with Gasteiger partial charge in [0.2, 0.25) is 0 Å². The van der Waals surface area contributed by atoms with Gasteiger partial charge in [0.05, 0.1) is 27.3 Å². The lowest BCUT2D eigenvalue weighted by Gasteiger charge is -2.10. The molecule has 5 heteroatoms. The van der Waals surface area contributed by atoms with Crippen molar-refractivity contribution in [1.82, 2.24) is 15.0 Å². The number of aromatic nitrogens is 3. The van der Waals surface area contributed by atoms with Gasteiger partial charge >= 0.3 is 0 Å². The predicted octanol–water partition coefficient (Wildman–Crippen LogP) is 12.4. The summed E-state index contributed by atoms with van der Waals surface area (Å²) in [7, 11) is 0. The molecule has 0 spiro atoms. The fourth-order valence-corrected chi connectivity index (χ4v) is 9.25. The third-order valence-corrected chi connectivity index (χ3v) is 11.5. The molecular weight excluding hydrogens is 623 g/mol. The molecule has 4 aromatic heterocycles. The number of benzene rings is 6. The van der Waals surface area contributed by atoms with E-state index in [-0.39, 0.29) is 0 Å². The topological polar surface area (TPSA) is 38.7 Å². The molecule has 0 saturated heterocycles. The monoisotopic (exact) mass is 647 g/mol.